The number of unbranched alkanes of at least 4 members (excludes halogenated alkanes) is 6. The first-order valence-corrected chi connectivity index (χ1v) is 39.9. The summed E-state index contributed by atoms with van der Waals surface area (Å²) in [6.07, 6.45) is -2.96. The van der Waals surface area contributed by atoms with Crippen LogP contribution in [0.5, 0.6) is 5.75 Å². The average Bonchev–Trinajstić information content (AvgIpc) is 1.64. The summed E-state index contributed by atoms with van der Waals surface area (Å²) >= 11 is 0. The maximum Gasteiger partial charge on any atom is 0.329 e. The predicted molar refractivity (Wildman–Crippen MR) is 437 cm³/mol. The van der Waals surface area contributed by atoms with E-state index in [0.29, 0.717) is 29.3 Å². The SMILES string of the molecule is CCCCCCCCCC(=O)NC(Cc1c[nH]c2ccccc12)C(=O)NC(CC(N)=O)C(=O)NC(CC(=O)O)C(=O)NC1C(=O)NCC(=O)NC(CCCNC(=O)c2ccccc2OC)C(=O)NC(CC(=O)O)C(=O)NC(C)C(=O)NC(CC(=O)O)C(=O)NCC(=O)NC(CO)C(=O)NC(C(C)CC(=O)O)C(=O)NC(CC(=O)c2ccccc2N)C(=O)OC1C. The van der Waals surface area contributed by atoms with Crippen molar-refractivity contribution in [3.05, 3.63) is 95.7 Å². The number of benzene rings is 3. The number of hydrogen-bond donors (Lipinski definition) is 22. The fourth-order valence-corrected chi connectivity index (χ4v) is 12.8. The Bertz CT molecular complexity index is 4600. The van der Waals surface area contributed by atoms with E-state index in [1.165, 1.54) is 49.6 Å². The van der Waals surface area contributed by atoms with Crippen molar-refractivity contribution in [2.24, 2.45) is 11.7 Å². The highest BCUT2D eigenvalue weighted by atomic mass is 16.5. The first-order valence-electron chi connectivity index (χ1n) is 39.9. The molecule has 24 N–H and O–H groups in total. The number of carbonyl (C=O) groups is 21. The molecule has 13 atom stereocenters. The summed E-state index contributed by atoms with van der Waals surface area (Å²) < 4.78 is 11.0. The fraction of sp³-hybridized carbons (Fsp3) is 0.487. The summed E-state index contributed by atoms with van der Waals surface area (Å²) in [6, 6.07) is -5.15. The number of cyclic esters (lactones) is 1. The van der Waals surface area contributed by atoms with Crippen molar-refractivity contribution in [3.63, 3.8) is 0 Å². The third-order valence-electron chi connectivity index (χ3n) is 19.5. The standard InChI is InChI=1S/C80H107N17O28/c1-6-7-8-9-10-11-12-27-60(101)89-50(30-43-36-84-48-24-17-14-20-44(43)48)74(117)92-51(32-59(82)100)75(118)94-54(35-66(110)111)76(119)97-68-42(4)125-80(123)55(31-57(99)45-21-13-16-23-47(45)81)95-79(122)67(40(2)29-63(104)105)96-77(120)56(39-98)90-62(103)37-85-71(114)52(33-64(106)107)91-69(112)41(3)87-73(116)53(34-65(108)109)93-72(115)49(88-61(102)38-86-78(68)121)25-19-28-83-70(113)46-22-15-18-26-58(46)124-5/h13-18,20-24,26,36,40-42,49-56,67-68,84,98H,6-12,19,25,27-35,37-39,81H2,1-5H3,(H2,82,100)(H,83,113)(H,85,114)(H,86,121)(H,87,116)(H,88,102)(H,89,101)(H,90,103)(H,91,112)(H,92,117)(H,93,115)(H,94,118)(H,95,122)(H,96,120)(H,97,119)(H,104,105)(H,106,107)(H,108,109)(H,110,111). The van der Waals surface area contributed by atoms with Gasteiger partial charge in [-0.15, -0.1) is 0 Å². The van der Waals surface area contributed by atoms with E-state index in [1.807, 2.05) is 16.0 Å². The number of aromatic amines is 1. The topological polar surface area (TPSA) is 714 Å². The molecule has 1 aliphatic heterocycles. The van der Waals surface area contributed by atoms with Crippen LogP contribution in [-0.2, 0) is 102 Å². The number of carboxylic acid groups (broad SMARTS) is 4. The van der Waals surface area contributed by atoms with E-state index >= 15 is 0 Å². The minimum absolute atomic E-state index is 0.0315. The number of amides is 15. The van der Waals surface area contributed by atoms with Crippen LogP contribution in [0.15, 0.2) is 79.0 Å². The number of Topliss-reactive ketones (excluding diaryl/α,β-unsaturated/α-hetero) is 1. The Labute approximate surface area is 714 Å². The lowest BCUT2D eigenvalue weighted by Crippen LogP contribution is -2.62. The summed E-state index contributed by atoms with van der Waals surface area (Å²) in [7, 11) is 1.29. The third kappa shape index (κ3) is 34.0. The lowest BCUT2D eigenvalue weighted by molar-refractivity contribution is -0.156. The number of para-hydroxylation sites is 3. The molecule has 0 saturated carbocycles. The van der Waals surface area contributed by atoms with Gasteiger partial charge in [0.25, 0.3) is 5.91 Å². The highest BCUT2D eigenvalue weighted by molar-refractivity contribution is 6.05. The molecular weight excluding hydrogens is 1650 g/mol. The van der Waals surface area contributed by atoms with Crippen molar-refractivity contribution < 1.29 is 136 Å². The lowest BCUT2D eigenvalue weighted by atomic mass is 9.96. The molecule has 1 saturated heterocycles. The molecule has 4 aromatic rings. The smallest absolute Gasteiger partial charge is 0.329 e. The van der Waals surface area contributed by atoms with Gasteiger partial charge in [0.05, 0.1) is 64.5 Å². The monoisotopic (exact) mass is 1750 g/mol. The highest BCUT2D eigenvalue weighted by Crippen LogP contribution is 2.23. The maximum atomic E-state index is 15.0. The molecule has 0 spiro atoms. The van der Waals surface area contributed by atoms with Gasteiger partial charge >= 0.3 is 29.8 Å². The molecule has 0 bridgehead atoms. The molecule has 45 heteroatoms. The molecule has 5 rings (SSSR count). The van der Waals surface area contributed by atoms with Crippen molar-refractivity contribution in [2.45, 2.75) is 209 Å². The summed E-state index contributed by atoms with van der Waals surface area (Å²) in [5.41, 5.74) is 12.4. The van der Waals surface area contributed by atoms with Crippen molar-refractivity contribution in [3.8, 4) is 5.75 Å². The van der Waals surface area contributed by atoms with Gasteiger partial charge in [-0.25, -0.2) is 4.79 Å². The van der Waals surface area contributed by atoms with E-state index in [9.17, 15) is 126 Å². The van der Waals surface area contributed by atoms with Crippen molar-refractivity contribution in [2.75, 3.05) is 39.1 Å². The van der Waals surface area contributed by atoms with Crippen LogP contribution in [0.3, 0.4) is 0 Å². The molecule has 1 aliphatic rings. The zero-order valence-corrected chi connectivity index (χ0v) is 69.1. The van der Waals surface area contributed by atoms with E-state index in [4.69, 9.17) is 20.9 Å². The molecule has 1 fully saturated rings. The van der Waals surface area contributed by atoms with Crippen molar-refractivity contribution >= 4 is 141 Å². The molecule has 0 aliphatic carbocycles. The Morgan fingerprint density at radius 3 is 1.70 bits per heavy atom. The number of methoxy groups -OCH3 is 1. The molecule has 680 valence electrons. The number of hydrogen-bond acceptors (Lipinski definition) is 25. The number of ether oxygens (including phenoxy) is 2. The van der Waals surface area contributed by atoms with E-state index in [0.717, 1.165) is 52.9 Å². The van der Waals surface area contributed by atoms with Gasteiger partial charge in [-0.3, -0.25) is 95.9 Å². The molecule has 2 heterocycles. The van der Waals surface area contributed by atoms with Gasteiger partial charge < -0.3 is 126 Å². The number of aliphatic hydroxyl groups excluding tert-OH is 1. The summed E-state index contributed by atoms with van der Waals surface area (Å²) in [5, 5.41) is 81.8. The van der Waals surface area contributed by atoms with Crippen LogP contribution in [0, 0.1) is 5.92 Å². The molecule has 125 heavy (non-hydrogen) atoms. The zero-order valence-electron chi connectivity index (χ0n) is 69.1. The van der Waals surface area contributed by atoms with Gasteiger partial charge in [0.1, 0.15) is 78.3 Å². The summed E-state index contributed by atoms with van der Waals surface area (Å²) in [6.45, 7) is 0.842. The van der Waals surface area contributed by atoms with Gasteiger partial charge in [-0.1, -0.05) is 94.8 Å². The maximum absolute atomic E-state index is 15.0. The molecule has 3 aromatic carbocycles. The van der Waals surface area contributed by atoms with Gasteiger partial charge in [-0.05, 0) is 74.9 Å². The summed E-state index contributed by atoms with van der Waals surface area (Å²) in [4.78, 5) is 293. The number of fused-ring (bicyclic) bond motifs is 1. The molecule has 0 radical (unpaired) electrons. The number of anilines is 1. The number of carbonyl (C=O) groups excluding carboxylic acids is 17. The number of carboxylic acids is 4. The van der Waals surface area contributed by atoms with Gasteiger partial charge in [0.15, 0.2) is 5.78 Å². The Morgan fingerprint density at radius 2 is 1.09 bits per heavy atom. The normalized spacial score (nSPS) is 20.3. The second kappa shape index (κ2) is 50.9. The minimum Gasteiger partial charge on any atom is -0.496 e. The Kier molecular flexibility index (Phi) is 41.3. The first-order chi connectivity index (χ1) is 59.2. The van der Waals surface area contributed by atoms with Gasteiger partial charge in [0.2, 0.25) is 82.7 Å². The van der Waals surface area contributed by atoms with Gasteiger partial charge in [0, 0.05) is 54.2 Å². The highest BCUT2D eigenvalue weighted by Gasteiger charge is 2.41. The number of nitrogens with two attached hydrogens (primary N) is 2. The number of primary amides is 1. The van der Waals surface area contributed by atoms with Crippen LogP contribution in [0.1, 0.15) is 157 Å². The number of H-pyrrole nitrogens is 1. The average molecular weight is 1750 g/mol. The van der Waals surface area contributed by atoms with Crippen molar-refractivity contribution in [1.29, 1.82) is 0 Å². The number of nitrogens with one attached hydrogen (secondary N) is 15. The quantitative estimate of drug-likeness (QED) is 0.00877. The summed E-state index contributed by atoms with van der Waals surface area (Å²) in [5.74, 6) is -30.9. The number of aliphatic carboxylic acids is 4. The number of aromatic nitrogens is 1. The van der Waals surface area contributed by atoms with E-state index < -0.39 is 267 Å². The largest absolute Gasteiger partial charge is 0.496 e. The number of aliphatic hydroxyl groups is 1. The van der Waals surface area contributed by atoms with Crippen LogP contribution >= 0.6 is 0 Å². The van der Waals surface area contributed by atoms with Crippen LogP contribution < -0.4 is 90.6 Å². The number of esters is 1. The number of nitrogen functional groups attached to an aromatic ring is 1. The Balaban J connectivity index is 1.64. The molecule has 13 unspecified atom stereocenters. The minimum atomic E-state index is -2.50. The second-order valence-corrected chi connectivity index (χ2v) is 29.4. The number of ketones is 1. The van der Waals surface area contributed by atoms with E-state index in [2.05, 4.69) is 70.4 Å². The van der Waals surface area contributed by atoms with Gasteiger partial charge in [-0.2, -0.15) is 0 Å². The van der Waals surface area contributed by atoms with Crippen molar-refractivity contribution in [1.82, 2.24) is 79.4 Å². The Morgan fingerprint density at radius 1 is 0.544 bits per heavy atom. The Hall–Kier alpha value is -14.2. The van der Waals surface area contributed by atoms with Crippen LogP contribution in [0.2, 0.25) is 0 Å². The van der Waals surface area contributed by atoms with Crippen LogP contribution in [0.25, 0.3) is 10.9 Å². The third-order valence-corrected chi connectivity index (χ3v) is 19.5. The first kappa shape index (κ1) is 101. The van der Waals surface area contributed by atoms with Crippen LogP contribution in [-0.4, -0.2) is 261 Å². The predicted octanol–water partition coefficient (Wildman–Crippen LogP) is -4.14. The number of rotatable bonds is 38. The molecular formula is C80H107N17O28. The second-order valence-electron chi connectivity index (χ2n) is 29.4. The lowest BCUT2D eigenvalue weighted by Gasteiger charge is -2.30. The zero-order chi connectivity index (χ0) is 92.7. The molecule has 1 aromatic heterocycles. The van der Waals surface area contributed by atoms with Crippen LogP contribution in [0.4, 0.5) is 5.69 Å². The molecule has 45 nitrogen and oxygen atoms in total. The van der Waals surface area contributed by atoms with E-state index in [1.54, 1.807) is 36.5 Å². The fourth-order valence-electron chi connectivity index (χ4n) is 12.8. The van der Waals surface area contributed by atoms with E-state index in [-0.39, 0.29) is 48.4 Å². The molecule has 15 amide bonds.